The van der Waals surface area contributed by atoms with Gasteiger partial charge in [-0.15, -0.1) is 0 Å². The molecule has 2 N–H and O–H groups in total. The summed E-state index contributed by atoms with van der Waals surface area (Å²) >= 11 is 0. The van der Waals surface area contributed by atoms with Crippen molar-refractivity contribution >= 4 is 39.1 Å². The summed E-state index contributed by atoms with van der Waals surface area (Å²) in [5.74, 6) is -1.06. The number of carbonyl (C=O) groups is 3. The Kier molecular flexibility index (Phi) is 6.06. The molecule has 1 fully saturated rings. The van der Waals surface area contributed by atoms with E-state index >= 15 is 0 Å². The lowest BCUT2D eigenvalue weighted by Gasteiger charge is -2.17. The maximum absolute atomic E-state index is 12.6. The van der Waals surface area contributed by atoms with Crippen molar-refractivity contribution in [3.05, 3.63) is 48.5 Å². The second kappa shape index (κ2) is 8.54. The zero-order chi connectivity index (χ0) is 21.9. The van der Waals surface area contributed by atoms with Crippen LogP contribution in [0.1, 0.15) is 13.3 Å². The van der Waals surface area contributed by atoms with Crippen molar-refractivity contribution in [2.75, 3.05) is 23.9 Å². The molecule has 1 aliphatic heterocycles. The van der Waals surface area contributed by atoms with Crippen LogP contribution in [-0.2, 0) is 24.4 Å². The standard InChI is InChI=1S/C20H21N3O6S/c1-13(24)22-30(27,28)18-9-3-15(4-10-18)21-20(26)14-11-19(25)23(12-14)16-5-7-17(29-2)8-6-16/h3-10,14H,11-12H2,1-2H3,(H,21,26)(H,22,24)/t14-/m0/s1. The van der Waals surface area contributed by atoms with E-state index in [1.54, 1.807) is 36.3 Å². The van der Waals surface area contributed by atoms with Gasteiger partial charge in [-0.3, -0.25) is 14.4 Å². The molecule has 9 nitrogen and oxygen atoms in total. The molecular weight excluding hydrogens is 410 g/mol. The first-order valence-electron chi connectivity index (χ1n) is 9.08. The fourth-order valence-electron chi connectivity index (χ4n) is 3.10. The first kappa shape index (κ1) is 21.3. The molecule has 3 rings (SSSR count). The van der Waals surface area contributed by atoms with E-state index in [1.165, 1.54) is 24.3 Å². The molecule has 1 heterocycles. The summed E-state index contributed by atoms with van der Waals surface area (Å²) in [5, 5.41) is 2.69. The van der Waals surface area contributed by atoms with Crippen molar-refractivity contribution in [3.8, 4) is 5.75 Å². The number of carbonyl (C=O) groups excluding carboxylic acids is 3. The summed E-state index contributed by atoms with van der Waals surface area (Å²) in [4.78, 5) is 37.4. The lowest BCUT2D eigenvalue weighted by atomic mass is 10.1. The van der Waals surface area contributed by atoms with Crippen molar-refractivity contribution in [1.29, 1.82) is 0 Å². The molecule has 1 saturated heterocycles. The molecule has 3 amide bonds. The Morgan fingerprint density at radius 2 is 1.70 bits per heavy atom. The van der Waals surface area contributed by atoms with Crippen LogP contribution in [-0.4, -0.2) is 39.8 Å². The van der Waals surface area contributed by atoms with Crippen LogP contribution in [0.2, 0.25) is 0 Å². The fraction of sp³-hybridized carbons (Fsp3) is 0.250. The molecule has 2 aromatic rings. The number of anilines is 2. The minimum atomic E-state index is -3.94. The van der Waals surface area contributed by atoms with E-state index < -0.39 is 21.8 Å². The zero-order valence-electron chi connectivity index (χ0n) is 16.4. The number of hydrogen-bond acceptors (Lipinski definition) is 6. The minimum Gasteiger partial charge on any atom is -0.497 e. The van der Waals surface area contributed by atoms with E-state index in [9.17, 15) is 22.8 Å². The van der Waals surface area contributed by atoms with E-state index in [4.69, 9.17) is 4.74 Å². The number of methoxy groups -OCH3 is 1. The molecule has 0 spiro atoms. The third kappa shape index (κ3) is 4.77. The number of rotatable bonds is 6. The molecule has 0 aliphatic carbocycles. The summed E-state index contributed by atoms with van der Waals surface area (Å²) in [6, 6.07) is 12.4. The number of nitrogens with one attached hydrogen (secondary N) is 2. The van der Waals surface area contributed by atoms with Gasteiger partial charge in [0.1, 0.15) is 5.75 Å². The van der Waals surface area contributed by atoms with Crippen LogP contribution in [0.15, 0.2) is 53.4 Å². The van der Waals surface area contributed by atoms with E-state index in [0.29, 0.717) is 17.1 Å². The average molecular weight is 431 g/mol. The normalized spacial score (nSPS) is 16.3. The zero-order valence-corrected chi connectivity index (χ0v) is 17.2. The molecule has 1 aliphatic rings. The van der Waals surface area contributed by atoms with E-state index in [-0.39, 0.29) is 29.7 Å². The van der Waals surface area contributed by atoms with Crippen molar-refractivity contribution in [2.24, 2.45) is 5.92 Å². The van der Waals surface area contributed by atoms with Gasteiger partial charge in [0.05, 0.1) is 17.9 Å². The predicted octanol–water partition coefficient (Wildman–Crippen LogP) is 1.51. The molecule has 0 unspecified atom stereocenters. The van der Waals surface area contributed by atoms with Gasteiger partial charge in [-0.25, -0.2) is 13.1 Å². The molecule has 158 valence electrons. The Morgan fingerprint density at radius 1 is 1.07 bits per heavy atom. The maximum atomic E-state index is 12.6. The number of sulfonamides is 1. The average Bonchev–Trinajstić information content (AvgIpc) is 3.09. The molecule has 2 aromatic carbocycles. The quantitative estimate of drug-likeness (QED) is 0.715. The number of benzene rings is 2. The summed E-state index contributed by atoms with van der Waals surface area (Å²) in [6.45, 7) is 1.34. The number of nitrogens with zero attached hydrogens (tertiary/aromatic N) is 1. The van der Waals surface area contributed by atoms with E-state index in [1.807, 2.05) is 4.72 Å². The van der Waals surface area contributed by atoms with E-state index in [2.05, 4.69) is 5.32 Å². The lowest BCUT2D eigenvalue weighted by Crippen LogP contribution is -2.28. The molecule has 0 radical (unpaired) electrons. The summed E-state index contributed by atoms with van der Waals surface area (Å²) < 4.78 is 30.9. The molecule has 10 heteroatoms. The molecule has 0 bridgehead atoms. The largest absolute Gasteiger partial charge is 0.497 e. The Balaban J connectivity index is 1.65. The van der Waals surface area contributed by atoms with Crippen molar-refractivity contribution < 1.29 is 27.5 Å². The van der Waals surface area contributed by atoms with Crippen LogP contribution in [0.25, 0.3) is 0 Å². The van der Waals surface area contributed by atoms with Gasteiger partial charge in [-0.1, -0.05) is 0 Å². The SMILES string of the molecule is COc1ccc(N2C[C@@H](C(=O)Nc3ccc(S(=O)(=O)NC(C)=O)cc3)CC2=O)cc1. The topological polar surface area (TPSA) is 122 Å². The van der Waals surface area contributed by atoms with Crippen molar-refractivity contribution in [1.82, 2.24) is 4.72 Å². The van der Waals surface area contributed by atoms with Gasteiger partial charge in [0.15, 0.2) is 0 Å². The Labute approximate surface area is 174 Å². The second-order valence-electron chi connectivity index (χ2n) is 6.78. The third-order valence-corrected chi connectivity index (χ3v) is 6.04. The van der Waals surface area contributed by atoms with Crippen LogP contribution < -0.4 is 19.7 Å². The summed E-state index contributed by atoms with van der Waals surface area (Å²) in [6.07, 6.45) is 0.0762. The first-order chi connectivity index (χ1) is 14.2. The highest BCUT2D eigenvalue weighted by atomic mass is 32.2. The smallest absolute Gasteiger partial charge is 0.264 e. The molecular formula is C20H21N3O6S. The summed E-state index contributed by atoms with van der Waals surface area (Å²) in [5.41, 5.74) is 1.07. The predicted molar refractivity (Wildman–Crippen MR) is 110 cm³/mol. The van der Waals surface area contributed by atoms with Gasteiger partial charge < -0.3 is 15.0 Å². The van der Waals surface area contributed by atoms with Gasteiger partial charge in [0, 0.05) is 31.3 Å². The van der Waals surface area contributed by atoms with Gasteiger partial charge in [-0.05, 0) is 48.5 Å². The fourth-order valence-corrected chi connectivity index (χ4v) is 4.10. The van der Waals surface area contributed by atoms with Crippen molar-refractivity contribution in [3.63, 3.8) is 0 Å². The summed E-state index contributed by atoms with van der Waals surface area (Å²) in [7, 11) is -2.39. The van der Waals surface area contributed by atoms with Gasteiger partial charge in [0.25, 0.3) is 10.0 Å². The molecule has 0 saturated carbocycles. The number of hydrogen-bond donors (Lipinski definition) is 2. The molecule has 1 atom stereocenters. The number of amides is 3. The van der Waals surface area contributed by atoms with Crippen LogP contribution in [0.3, 0.4) is 0 Å². The van der Waals surface area contributed by atoms with Gasteiger partial charge in [0.2, 0.25) is 17.7 Å². The van der Waals surface area contributed by atoms with Crippen LogP contribution in [0.4, 0.5) is 11.4 Å². The van der Waals surface area contributed by atoms with Gasteiger partial charge >= 0.3 is 0 Å². The van der Waals surface area contributed by atoms with Crippen LogP contribution in [0, 0.1) is 5.92 Å². The highest BCUT2D eigenvalue weighted by Crippen LogP contribution is 2.27. The molecule has 0 aromatic heterocycles. The minimum absolute atomic E-state index is 0.0762. The van der Waals surface area contributed by atoms with Crippen molar-refractivity contribution in [2.45, 2.75) is 18.2 Å². The van der Waals surface area contributed by atoms with Crippen LogP contribution >= 0.6 is 0 Å². The van der Waals surface area contributed by atoms with Crippen LogP contribution in [0.5, 0.6) is 5.75 Å². The second-order valence-corrected chi connectivity index (χ2v) is 8.46. The third-order valence-electron chi connectivity index (χ3n) is 4.59. The number of ether oxygens (including phenoxy) is 1. The Hall–Kier alpha value is -3.40. The highest BCUT2D eigenvalue weighted by molar-refractivity contribution is 7.90. The first-order valence-corrected chi connectivity index (χ1v) is 10.6. The lowest BCUT2D eigenvalue weighted by molar-refractivity contribution is -0.122. The van der Waals surface area contributed by atoms with Gasteiger partial charge in [-0.2, -0.15) is 0 Å². The Bertz CT molecular complexity index is 1060. The monoisotopic (exact) mass is 431 g/mol. The maximum Gasteiger partial charge on any atom is 0.264 e. The highest BCUT2D eigenvalue weighted by Gasteiger charge is 2.35. The van der Waals surface area contributed by atoms with E-state index in [0.717, 1.165) is 6.92 Å². The Morgan fingerprint density at radius 3 is 2.27 bits per heavy atom. The molecule has 30 heavy (non-hydrogen) atoms.